The minimum atomic E-state index is -0.196. The summed E-state index contributed by atoms with van der Waals surface area (Å²) < 4.78 is 5.32. The molecule has 3 aromatic carbocycles. The van der Waals surface area contributed by atoms with Crippen LogP contribution < -0.4 is 5.32 Å². The van der Waals surface area contributed by atoms with E-state index in [1.807, 2.05) is 85.8 Å². The maximum atomic E-state index is 11.7. The average Bonchev–Trinajstić information content (AvgIpc) is 2.85. The molecule has 0 spiro atoms. The summed E-state index contributed by atoms with van der Waals surface area (Å²) in [7, 11) is 0. The summed E-state index contributed by atoms with van der Waals surface area (Å²) in [6.07, 6.45) is 5.24. The number of pyridine rings is 1. The lowest BCUT2D eigenvalue weighted by Gasteiger charge is -2.11. The van der Waals surface area contributed by atoms with Crippen LogP contribution >= 0.6 is 23.6 Å². The number of fused-ring (bicyclic) bond motifs is 1. The molecule has 0 unspecified atom stereocenters. The number of benzene rings is 3. The molecule has 0 bridgehead atoms. The van der Waals surface area contributed by atoms with E-state index in [9.17, 15) is 4.79 Å². The van der Waals surface area contributed by atoms with Gasteiger partial charge in [0.25, 0.3) is 0 Å². The Kier molecular flexibility index (Phi) is 8.23. The molecule has 6 heteroatoms. The number of aromatic nitrogens is 1. The molecule has 0 atom stereocenters. The second-order valence-electron chi connectivity index (χ2n) is 7.78. The number of nitrogens with one attached hydrogen (secondary N) is 1. The lowest BCUT2D eigenvalue weighted by Crippen LogP contribution is -2.02. The zero-order valence-corrected chi connectivity index (χ0v) is 20.4. The molecule has 4 rings (SSSR count). The molecule has 0 aliphatic heterocycles. The largest absolute Gasteiger partial charge is 0.386 e. The Labute approximate surface area is 209 Å². The molecule has 0 fully saturated rings. The molecule has 0 saturated carbocycles. The van der Waals surface area contributed by atoms with E-state index in [0.29, 0.717) is 18.0 Å². The zero-order chi connectivity index (χ0) is 23.8. The molecule has 1 N–H and O–H groups in total. The van der Waals surface area contributed by atoms with Crippen molar-refractivity contribution in [2.75, 3.05) is 5.32 Å². The number of rotatable bonds is 9. The van der Waals surface area contributed by atoms with Crippen molar-refractivity contribution >= 4 is 58.4 Å². The van der Waals surface area contributed by atoms with E-state index < -0.39 is 0 Å². The molecule has 1 heterocycles. The van der Waals surface area contributed by atoms with Crippen LogP contribution in [0.2, 0.25) is 5.02 Å². The summed E-state index contributed by atoms with van der Waals surface area (Å²) >= 11 is 7.23. The lowest BCUT2D eigenvalue weighted by molar-refractivity contribution is -0.133. The van der Waals surface area contributed by atoms with Crippen LogP contribution in [0.1, 0.15) is 36.6 Å². The number of carbonyl (C=O) groups is 1. The highest BCUT2D eigenvalue weighted by atomic mass is 35.5. The Hall–Kier alpha value is -3.28. The van der Waals surface area contributed by atoms with E-state index >= 15 is 0 Å². The Morgan fingerprint density at radius 2 is 1.88 bits per heavy atom. The van der Waals surface area contributed by atoms with Crippen LogP contribution in [-0.2, 0) is 15.5 Å². The molecule has 0 radical (unpaired) electrons. The fourth-order valence-corrected chi connectivity index (χ4v) is 4.21. The van der Waals surface area contributed by atoms with Crippen molar-refractivity contribution < 1.29 is 8.98 Å². The van der Waals surface area contributed by atoms with Gasteiger partial charge in [0.05, 0.1) is 28.1 Å². The molecular weight excluding hydrogens is 464 g/mol. The number of carbonyl (C=O) groups excluding carboxylic acids is 1. The van der Waals surface area contributed by atoms with Crippen molar-refractivity contribution in [3.8, 4) is 0 Å². The Morgan fingerprint density at radius 3 is 2.76 bits per heavy atom. The summed E-state index contributed by atoms with van der Waals surface area (Å²) in [5, 5.41) is 5.21. The minimum Gasteiger partial charge on any atom is -0.386 e. The van der Waals surface area contributed by atoms with Crippen molar-refractivity contribution in [2.45, 2.75) is 31.2 Å². The highest BCUT2D eigenvalue weighted by Gasteiger charge is 2.08. The van der Waals surface area contributed by atoms with Gasteiger partial charge in [0.15, 0.2) is 0 Å². The van der Waals surface area contributed by atoms with E-state index in [2.05, 4.69) is 22.4 Å². The fourth-order valence-electron chi connectivity index (χ4n) is 3.40. The third kappa shape index (κ3) is 6.62. The van der Waals surface area contributed by atoms with Gasteiger partial charge in [-0.3, -0.25) is 4.79 Å². The number of nitrogens with zero attached hydrogens (tertiary/aromatic N) is 1. The molecule has 34 heavy (non-hydrogen) atoms. The maximum Gasteiger partial charge on any atom is 0.318 e. The van der Waals surface area contributed by atoms with E-state index in [1.165, 1.54) is 0 Å². The highest BCUT2D eigenvalue weighted by Crippen LogP contribution is 2.25. The van der Waals surface area contributed by atoms with E-state index in [4.69, 9.17) is 15.8 Å². The zero-order valence-electron chi connectivity index (χ0n) is 18.8. The van der Waals surface area contributed by atoms with Gasteiger partial charge >= 0.3 is 5.97 Å². The number of hydrogen-bond donors (Lipinski definition) is 1. The summed E-state index contributed by atoms with van der Waals surface area (Å²) in [5.74, 6) is -0.196. The Balaban J connectivity index is 1.41. The topological polar surface area (TPSA) is 51.2 Å². The van der Waals surface area contributed by atoms with E-state index in [0.717, 1.165) is 56.8 Å². The molecular formula is C28H25ClN2O2S. The van der Waals surface area contributed by atoms with Gasteiger partial charge < -0.3 is 9.50 Å². The SMILES string of the molecule is CCCC(=O)OSc1ccccc1CNc1cccc(C=Cc2ccc3ccc(Cl)cc3n2)c1. The first-order chi connectivity index (χ1) is 16.6. The normalized spacial score (nSPS) is 11.1. The minimum absolute atomic E-state index is 0.196. The molecule has 172 valence electrons. The maximum absolute atomic E-state index is 11.7. The molecule has 0 aliphatic rings. The molecule has 4 aromatic rings. The van der Waals surface area contributed by atoms with Crippen LogP contribution in [-0.4, -0.2) is 11.0 Å². The summed E-state index contributed by atoms with van der Waals surface area (Å²) in [5.41, 5.74) is 4.88. The number of halogens is 1. The van der Waals surface area contributed by atoms with Gasteiger partial charge in [-0.2, -0.15) is 0 Å². The predicted octanol–water partition coefficient (Wildman–Crippen LogP) is 8.02. The van der Waals surface area contributed by atoms with Crippen LogP contribution in [0.5, 0.6) is 0 Å². The Bertz CT molecular complexity index is 1320. The van der Waals surface area contributed by atoms with Gasteiger partial charge in [-0.1, -0.05) is 67.1 Å². The van der Waals surface area contributed by atoms with Gasteiger partial charge in [0, 0.05) is 29.1 Å². The van der Waals surface area contributed by atoms with Crippen LogP contribution in [0.4, 0.5) is 5.69 Å². The van der Waals surface area contributed by atoms with Gasteiger partial charge in [0.1, 0.15) is 0 Å². The Morgan fingerprint density at radius 1 is 1.03 bits per heavy atom. The van der Waals surface area contributed by atoms with Crippen molar-refractivity contribution in [1.82, 2.24) is 4.98 Å². The highest BCUT2D eigenvalue weighted by molar-refractivity contribution is 7.95. The van der Waals surface area contributed by atoms with Gasteiger partial charge in [-0.15, -0.1) is 0 Å². The van der Waals surface area contributed by atoms with Crippen LogP contribution in [0.25, 0.3) is 23.1 Å². The lowest BCUT2D eigenvalue weighted by atomic mass is 10.1. The first-order valence-corrected chi connectivity index (χ1v) is 12.3. The van der Waals surface area contributed by atoms with Crippen molar-refractivity contribution in [2.24, 2.45) is 0 Å². The monoisotopic (exact) mass is 488 g/mol. The van der Waals surface area contributed by atoms with Crippen molar-refractivity contribution in [1.29, 1.82) is 0 Å². The quantitative estimate of drug-likeness (QED) is 0.242. The molecule has 0 amide bonds. The van der Waals surface area contributed by atoms with Gasteiger partial charge in [-0.05, 0) is 60.0 Å². The summed E-state index contributed by atoms with van der Waals surface area (Å²) in [6, 6.07) is 25.9. The van der Waals surface area contributed by atoms with Crippen LogP contribution in [0, 0.1) is 0 Å². The molecule has 0 saturated heterocycles. The second kappa shape index (κ2) is 11.7. The number of anilines is 1. The number of hydrogen-bond acceptors (Lipinski definition) is 5. The molecule has 0 aliphatic carbocycles. The molecule has 4 nitrogen and oxygen atoms in total. The van der Waals surface area contributed by atoms with Crippen molar-refractivity contribution in [3.63, 3.8) is 0 Å². The first-order valence-electron chi connectivity index (χ1n) is 11.1. The van der Waals surface area contributed by atoms with Gasteiger partial charge in [-0.25, -0.2) is 4.98 Å². The fraction of sp³-hybridized carbons (Fsp3) is 0.143. The predicted molar refractivity (Wildman–Crippen MR) is 143 cm³/mol. The second-order valence-corrected chi connectivity index (χ2v) is 8.99. The van der Waals surface area contributed by atoms with E-state index in [-0.39, 0.29) is 5.97 Å². The van der Waals surface area contributed by atoms with Crippen LogP contribution in [0.3, 0.4) is 0 Å². The smallest absolute Gasteiger partial charge is 0.318 e. The summed E-state index contributed by atoms with van der Waals surface area (Å²) in [4.78, 5) is 17.3. The standard InChI is InChI=1S/C28H25ClN2O2S/c1-2-6-28(32)33-34-27-10-4-3-8-22(27)19-30-25-9-5-7-20(17-25)11-15-24-16-13-21-12-14-23(29)18-26(21)31-24/h3-5,7-18,30H,2,6,19H2,1H3. The summed E-state index contributed by atoms with van der Waals surface area (Å²) in [6.45, 7) is 2.58. The van der Waals surface area contributed by atoms with E-state index in [1.54, 1.807) is 0 Å². The third-order valence-electron chi connectivity index (χ3n) is 5.14. The van der Waals surface area contributed by atoms with Crippen LogP contribution in [0.15, 0.2) is 83.8 Å². The average molecular weight is 489 g/mol. The van der Waals surface area contributed by atoms with Gasteiger partial charge in [0.2, 0.25) is 0 Å². The van der Waals surface area contributed by atoms with Crippen molar-refractivity contribution in [3.05, 3.63) is 101 Å². The molecule has 1 aromatic heterocycles. The first kappa shape index (κ1) is 23.9. The third-order valence-corrected chi connectivity index (χ3v) is 6.23.